The Morgan fingerprint density at radius 3 is 2.09 bits per heavy atom. The third-order valence-electron chi connectivity index (χ3n) is 4.06. The minimum atomic E-state index is -0.724. The highest BCUT2D eigenvalue weighted by atomic mass is 32.1. The van der Waals surface area contributed by atoms with Gasteiger partial charge in [0.1, 0.15) is 11.3 Å². The van der Waals surface area contributed by atoms with E-state index in [2.05, 4.69) is 10.1 Å². The third kappa shape index (κ3) is 6.75. The van der Waals surface area contributed by atoms with Gasteiger partial charge in [0, 0.05) is 5.38 Å². The summed E-state index contributed by atoms with van der Waals surface area (Å²) >= 11 is 1.30. The van der Waals surface area contributed by atoms with Gasteiger partial charge in [0.05, 0.1) is 5.51 Å². The zero-order valence-corrected chi connectivity index (χ0v) is 18.9. The van der Waals surface area contributed by atoms with Crippen molar-refractivity contribution in [3.63, 3.8) is 0 Å². The summed E-state index contributed by atoms with van der Waals surface area (Å²) in [7, 11) is 0. The van der Waals surface area contributed by atoms with Crippen LogP contribution in [0.15, 0.2) is 76.7 Å². The lowest BCUT2D eigenvalue weighted by atomic mass is 10.0. The predicted octanol–water partition coefficient (Wildman–Crippen LogP) is 4.54. The van der Waals surface area contributed by atoms with Crippen LogP contribution in [0.1, 0.15) is 43.7 Å². The number of nitrogens with zero attached hydrogens (tertiary/aromatic N) is 2. The largest absolute Gasteiger partial charge is 0.457 e. The Labute approximate surface area is 190 Å². The Hall–Kier alpha value is -3.52. The second kappa shape index (κ2) is 10.7. The third-order valence-corrected chi connectivity index (χ3v) is 4.64. The minimum absolute atomic E-state index is 0.133. The summed E-state index contributed by atoms with van der Waals surface area (Å²) in [6.07, 6.45) is -0.653. The molecule has 0 spiro atoms. The molecular weight excluding hydrogens is 428 g/mol. The van der Waals surface area contributed by atoms with Crippen molar-refractivity contribution in [3.8, 4) is 0 Å². The van der Waals surface area contributed by atoms with Crippen LogP contribution in [0, 0.1) is 0 Å². The van der Waals surface area contributed by atoms with Gasteiger partial charge >= 0.3 is 11.9 Å². The molecule has 32 heavy (non-hydrogen) atoms. The van der Waals surface area contributed by atoms with E-state index in [1.165, 1.54) is 11.3 Å². The molecule has 8 heteroatoms. The number of carbonyl (C=O) groups is 2. The standard InChI is InChI=1S/C24H24N2O5S/c1-24(2,3)31-20(27)14-29-26-21(19-15-32-16-25-19)23(28)30-22(17-10-6-4-7-11-17)18-12-8-5-9-13-18/h4-13,15-16,22H,14H2,1-3H3/b26-21-. The Bertz CT molecular complexity index is 1010. The number of rotatable bonds is 8. The van der Waals surface area contributed by atoms with Crippen molar-refractivity contribution in [2.75, 3.05) is 6.61 Å². The van der Waals surface area contributed by atoms with Crippen molar-refractivity contribution in [2.24, 2.45) is 5.16 Å². The highest BCUT2D eigenvalue weighted by Crippen LogP contribution is 2.26. The first-order chi connectivity index (χ1) is 15.3. The fourth-order valence-electron chi connectivity index (χ4n) is 2.79. The maximum Gasteiger partial charge on any atom is 0.363 e. The molecule has 0 saturated carbocycles. The molecule has 0 aliphatic rings. The molecular formula is C24H24N2O5S. The number of ether oxygens (including phenoxy) is 2. The molecule has 7 nitrogen and oxygen atoms in total. The second-order valence-electron chi connectivity index (χ2n) is 7.78. The molecule has 1 aromatic heterocycles. The lowest BCUT2D eigenvalue weighted by Crippen LogP contribution is -2.27. The summed E-state index contributed by atoms with van der Waals surface area (Å²) in [6, 6.07) is 18.8. The smallest absolute Gasteiger partial charge is 0.363 e. The van der Waals surface area contributed by atoms with Crippen LogP contribution in [0.3, 0.4) is 0 Å². The monoisotopic (exact) mass is 452 g/mol. The quantitative estimate of drug-likeness (QED) is 0.283. The van der Waals surface area contributed by atoms with Crippen molar-refractivity contribution >= 4 is 29.0 Å². The topological polar surface area (TPSA) is 87.1 Å². The Morgan fingerprint density at radius 2 is 1.59 bits per heavy atom. The Morgan fingerprint density at radius 1 is 1.00 bits per heavy atom. The van der Waals surface area contributed by atoms with Gasteiger partial charge in [-0.05, 0) is 31.9 Å². The van der Waals surface area contributed by atoms with Crippen LogP contribution >= 0.6 is 11.3 Å². The number of aromatic nitrogens is 1. The average Bonchev–Trinajstić information content (AvgIpc) is 3.29. The number of benzene rings is 2. The summed E-state index contributed by atoms with van der Waals surface area (Å²) < 4.78 is 11.0. The van der Waals surface area contributed by atoms with Crippen LogP contribution in [0.4, 0.5) is 0 Å². The summed E-state index contributed by atoms with van der Waals surface area (Å²) in [5.74, 6) is -1.32. The Balaban J connectivity index is 1.81. The molecule has 0 radical (unpaired) electrons. The van der Waals surface area contributed by atoms with Gasteiger partial charge in [0.15, 0.2) is 6.10 Å². The van der Waals surface area contributed by atoms with E-state index < -0.39 is 30.3 Å². The van der Waals surface area contributed by atoms with Crippen LogP contribution in [-0.4, -0.2) is 34.8 Å². The van der Waals surface area contributed by atoms with Gasteiger partial charge in [0.2, 0.25) is 12.3 Å². The molecule has 0 fully saturated rings. The van der Waals surface area contributed by atoms with Crippen molar-refractivity contribution in [2.45, 2.75) is 32.5 Å². The van der Waals surface area contributed by atoms with Crippen molar-refractivity contribution < 1.29 is 23.9 Å². The molecule has 1 heterocycles. The van der Waals surface area contributed by atoms with E-state index in [0.29, 0.717) is 5.69 Å². The summed E-state index contributed by atoms with van der Waals surface area (Å²) in [5, 5.41) is 5.51. The highest BCUT2D eigenvalue weighted by Gasteiger charge is 2.26. The van der Waals surface area contributed by atoms with E-state index in [-0.39, 0.29) is 5.71 Å². The van der Waals surface area contributed by atoms with E-state index in [4.69, 9.17) is 14.3 Å². The van der Waals surface area contributed by atoms with Gasteiger partial charge in [-0.2, -0.15) is 0 Å². The molecule has 166 valence electrons. The first kappa shape index (κ1) is 23.1. The number of hydrogen-bond acceptors (Lipinski definition) is 8. The van der Waals surface area contributed by atoms with Gasteiger partial charge < -0.3 is 14.3 Å². The Kier molecular flexibility index (Phi) is 7.72. The molecule has 3 aromatic rings. The van der Waals surface area contributed by atoms with Crippen LogP contribution in [0.2, 0.25) is 0 Å². The normalized spacial score (nSPS) is 11.8. The van der Waals surface area contributed by atoms with Crippen molar-refractivity contribution in [1.29, 1.82) is 0 Å². The molecule has 0 aliphatic heterocycles. The zero-order valence-electron chi connectivity index (χ0n) is 18.1. The van der Waals surface area contributed by atoms with Crippen LogP contribution in [-0.2, 0) is 23.9 Å². The SMILES string of the molecule is CC(C)(C)OC(=O)CO/N=C(\C(=O)OC(c1ccccc1)c1ccccc1)c1cscn1. The molecule has 3 rings (SSSR count). The number of thiazole rings is 1. The fraction of sp³-hybridized carbons (Fsp3) is 0.250. The maximum atomic E-state index is 13.1. The lowest BCUT2D eigenvalue weighted by Gasteiger charge is -2.19. The molecule has 0 unspecified atom stereocenters. The summed E-state index contributed by atoms with van der Waals surface area (Å²) in [4.78, 5) is 34.3. The fourth-order valence-corrected chi connectivity index (χ4v) is 3.32. The van der Waals surface area contributed by atoms with Crippen molar-refractivity contribution in [3.05, 3.63) is 88.4 Å². The minimum Gasteiger partial charge on any atom is -0.457 e. The average molecular weight is 453 g/mol. The van der Waals surface area contributed by atoms with Crippen LogP contribution in [0.25, 0.3) is 0 Å². The van der Waals surface area contributed by atoms with E-state index in [9.17, 15) is 9.59 Å². The molecule has 2 aromatic carbocycles. The predicted molar refractivity (Wildman–Crippen MR) is 121 cm³/mol. The molecule has 0 bridgehead atoms. The van der Waals surface area contributed by atoms with E-state index in [1.54, 1.807) is 31.7 Å². The number of carbonyl (C=O) groups excluding carboxylic acids is 2. The highest BCUT2D eigenvalue weighted by molar-refractivity contribution is 7.07. The molecule has 0 amide bonds. The van der Waals surface area contributed by atoms with Crippen LogP contribution in [0.5, 0.6) is 0 Å². The lowest BCUT2D eigenvalue weighted by molar-refractivity contribution is -0.160. The zero-order chi connectivity index (χ0) is 23.0. The van der Waals surface area contributed by atoms with E-state index >= 15 is 0 Å². The molecule has 0 aliphatic carbocycles. The van der Waals surface area contributed by atoms with Crippen LogP contribution < -0.4 is 0 Å². The van der Waals surface area contributed by atoms with Gasteiger partial charge in [0.25, 0.3) is 0 Å². The van der Waals surface area contributed by atoms with Gasteiger partial charge in [-0.3, -0.25) is 0 Å². The van der Waals surface area contributed by atoms with E-state index in [1.807, 2.05) is 60.7 Å². The molecule has 0 atom stereocenters. The van der Waals surface area contributed by atoms with Crippen molar-refractivity contribution in [1.82, 2.24) is 4.98 Å². The first-order valence-electron chi connectivity index (χ1n) is 9.95. The molecule has 0 N–H and O–H groups in total. The van der Waals surface area contributed by atoms with Gasteiger partial charge in [-0.1, -0.05) is 65.8 Å². The van der Waals surface area contributed by atoms with Gasteiger partial charge in [-0.15, -0.1) is 11.3 Å². The number of hydrogen-bond donors (Lipinski definition) is 0. The maximum absolute atomic E-state index is 13.1. The number of esters is 2. The number of oxime groups is 1. The molecule has 0 saturated heterocycles. The second-order valence-corrected chi connectivity index (χ2v) is 8.50. The summed E-state index contributed by atoms with van der Waals surface area (Å²) in [6.45, 7) is 4.80. The summed E-state index contributed by atoms with van der Waals surface area (Å²) in [5.41, 5.74) is 2.69. The van der Waals surface area contributed by atoms with E-state index in [0.717, 1.165) is 11.1 Å². The van der Waals surface area contributed by atoms with Gasteiger partial charge in [-0.25, -0.2) is 14.6 Å². The first-order valence-corrected chi connectivity index (χ1v) is 10.9.